The van der Waals surface area contributed by atoms with E-state index in [2.05, 4.69) is 27.1 Å². The lowest BCUT2D eigenvalue weighted by Crippen LogP contribution is -2.42. The van der Waals surface area contributed by atoms with E-state index in [4.69, 9.17) is 18.9 Å². The molecule has 12 nitrogen and oxygen atoms in total. The summed E-state index contributed by atoms with van der Waals surface area (Å²) in [5.74, 6) is -3.31. The first-order chi connectivity index (χ1) is 25.2. The Bertz CT molecular complexity index is 1940. The average Bonchev–Trinajstić information content (AvgIpc) is 3.62. The zero-order valence-corrected chi connectivity index (χ0v) is 33.0. The number of nitrogens with one attached hydrogen (secondary N) is 1. The van der Waals surface area contributed by atoms with Crippen molar-refractivity contribution in [2.24, 2.45) is 11.8 Å². The lowest BCUT2D eigenvalue weighted by Gasteiger charge is -2.39. The van der Waals surface area contributed by atoms with E-state index in [0.29, 0.717) is 37.2 Å². The van der Waals surface area contributed by atoms with Gasteiger partial charge in [0.25, 0.3) is 0 Å². The second kappa shape index (κ2) is 16.0. The lowest BCUT2D eigenvalue weighted by molar-refractivity contribution is -0.156. The van der Waals surface area contributed by atoms with Crippen LogP contribution >= 0.6 is 11.3 Å². The minimum atomic E-state index is -1.01. The van der Waals surface area contributed by atoms with E-state index in [1.165, 1.54) is 14.0 Å². The fourth-order valence-corrected chi connectivity index (χ4v) is 8.06. The third-order valence-electron chi connectivity index (χ3n) is 8.81. The number of amides is 1. The lowest BCUT2D eigenvalue weighted by atomic mass is 9.87. The number of benzene rings is 1. The van der Waals surface area contributed by atoms with Crippen molar-refractivity contribution < 1.29 is 46.9 Å². The van der Waals surface area contributed by atoms with Gasteiger partial charge in [-0.3, -0.25) is 24.7 Å². The highest BCUT2D eigenvalue weighted by atomic mass is 32.1. The van der Waals surface area contributed by atoms with Crippen molar-refractivity contribution in [3.8, 4) is 16.3 Å². The summed E-state index contributed by atoms with van der Waals surface area (Å²) in [6, 6.07) is 2.17. The Morgan fingerprint density at radius 2 is 1.74 bits per heavy atom. The molecule has 15 heteroatoms. The van der Waals surface area contributed by atoms with Gasteiger partial charge in [-0.15, -0.1) is 0 Å². The van der Waals surface area contributed by atoms with Gasteiger partial charge in [-0.1, -0.05) is 18.3 Å². The minimum Gasteiger partial charge on any atom is -0.494 e. The van der Waals surface area contributed by atoms with Gasteiger partial charge in [0.15, 0.2) is 17.3 Å². The molecule has 3 aromatic rings. The second-order valence-corrected chi connectivity index (χ2v) is 16.9. The van der Waals surface area contributed by atoms with Crippen molar-refractivity contribution in [1.29, 1.82) is 0 Å². The standard InChI is InChI=1S/C39H48F2N4O8S/c1-20-14-22(15-29(48)52-38(3,4)5)19-45(18-20)34-23(17-42-32-24(34)10-12-28(32)51-21(2)46)16-26(47)33-36(44-37(49)53-39(6,7)8)54-35(43-33)30-25(40)11-13-27(50-9)31(30)41/h11,13,17,20,22,28H,10,12,14-16,18-19H2,1-9H3,(H,44,49)/t20-,22-,28?/m1/s1. The van der Waals surface area contributed by atoms with Crippen molar-refractivity contribution in [2.75, 3.05) is 30.4 Å². The summed E-state index contributed by atoms with van der Waals surface area (Å²) in [6.07, 6.45) is 1.94. The van der Waals surface area contributed by atoms with Gasteiger partial charge in [-0.2, -0.15) is 0 Å². The van der Waals surface area contributed by atoms with Crippen molar-refractivity contribution in [3.05, 3.63) is 52.5 Å². The number of fused-ring (bicyclic) bond motifs is 1. The molecule has 0 spiro atoms. The maximum atomic E-state index is 15.4. The van der Waals surface area contributed by atoms with Crippen LogP contribution in [-0.2, 0) is 36.6 Å². The number of esters is 2. The van der Waals surface area contributed by atoms with E-state index in [1.807, 2.05) is 20.8 Å². The predicted molar refractivity (Wildman–Crippen MR) is 199 cm³/mol. The number of halogens is 2. The number of nitrogens with zero attached hydrogens (tertiary/aromatic N) is 3. The summed E-state index contributed by atoms with van der Waals surface area (Å²) in [5, 5.41) is 2.32. The first-order valence-corrected chi connectivity index (χ1v) is 18.8. The predicted octanol–water partition coefficient (Wildman–Crippen LogP) is 8.01. The molecule has 3 heterocycles. The molecule has 292 valence electrons. The quantitative estimate of drug-likeness (QED) is 0.122. The largest absolute Gasteiger partial charge is 0.494 e. The third kappa shape index (κ3) is 9.71. The van der Waals surface area contributed by atoms with Gasteiger partial charge >= 0.3 is 18.0 Å². The molecule has 54 heavy (non-hydrogen) atoms. The molecule has 2 aromatic heterocycles. The van der Waals surface area contributed by atoms with Crippen molar-refractivity contribution in [2.45, 2.75) is 105 Å². The number of rotatable bonds is 10. The van der Waals surface area contributed by atoms with Crippen LogP contribution < -0.4 is 15.0 Å². The molecule has 1 amide bonds. The number of methoxy groups -OCH3 is 1. The molecule has 0 saturated carbocycles. The number of piperidine rings is 1. The maximum absolute atomic E-state index is 15.4. The summed E-state index contributed by atoms with van der Waals surface area (Å²) < 4.78 is 52.3. The number of carbonyl (C=O) groups excluding carboxylic acids is 4. The van der Waals surface area contributed by atoms with Crippen molar-refractivity contribution >= 4 is 45.8 Å². The molecule has 2 aliphatic rings. The highest BCUT2D eigenvalue weighted by Crippen LogP contribution is 2.43. The van der Waals surface area contributed by atoms with Crippen LogP contribution in [0.5, 0.6) is 5.75 Å². The third-order valence-corrected chi connectivity index (χ3v) is 9.80. The summed E-state index contributed by atoms with van der Waals surface area (Å²) >= 11 is 0.724. The van der Waals surface area contributed by atoms with Crippen LogP contribution in [0, 0.1) is 23.5 Å². The van der Waals surface area contributed by atoms with Crippen LogP contribution in [0.15, 0.2) is 18.3 Å². The zero-order valence-electron chi connectivity index (χ0n) is 32.2. The Morgan fingerprint density at radius 3 is 2.39 bits per heavy atom. The van der Waals surface area contributed by atoms with E-state index in [-0.39, 0.29) is 52.1 Å². The zero-order chi connectivity index (χ0) is 39.7. The molecular weight excluding hydrogens is 723 g/mol. The summed E-state index contributed by atoms with van der Waals surface area (Å²) in [5.41, 5.74) is 0.499. The van der Waals surface area contributed by atoms with Crippen LogP contribution in [0.2, 0.25) is 0 Å². The number of anilines is 2. The van der Waals surface area contributed by atoms with Crippen molar-refractivity contribution in [1.82, 2.24) is 9.97 Å². The number of aromatic nitrogens is 2. The van der Waals surface area contributed by atoms with E-state index >= 15 is 8.78 Å². The number of hydrogen-bond donors (Lipinski definition) is 1. The van der Waals surface area contributed by atoms with E-state index in [0.717, 1.165) is 41.1 Å². The number of carbonyl (C=O) groups is 4. The number of Topliss-reactive ketones (excluding diaryl/α,β-unsaturated/α-hetero) is 1. The van der Waals surface area contributed by atoms with Crippen LogP contribution in [-0.4, -0.2) is 65.2 Å². The first-order valence-electron chi connectivity index (χ1n) is 17.9. The molecule has 1 unspecified atom stereocenters. The van der Waals surface area contributed by atoms with Crippen molar-refractivity contribution in [3.63, 3.8) is 0 Å². The van der Waals surface area contributed by atoms with Gasteiger partial charge in [-0.25, -0.2) is 18.6 Å². The molecule has 1 saturated heterocycles. The highest BCUT2D eigenvalue weighted by molar-refractivity contribution is 7.19. The molecule has 0 bridgehead atoms. The Labute approximate surface area is 317 Å². The molecule has 1 aliphatic carbocycles. The smallest absolute Gasteiger partial charge is 0.412 e. The number of pyridine rings is 1. The van der Waals surface area contributed by atoms with E-state index in [1.54, 1.807) is 27.0 Å². The SMILES string of the molecule is COc1ccc(F)c(-c2nc(C(=O)Cc3cnc4c(c3N3C[C@H](C)C[C@H](CC(=O)OC(C)(C)C)C3)CCC4OC(C)=O)c(NC(=O)OC(C)(C)C)s2)c1F. The van der Waals surface area contributed by atoms with Crippen LogP contribution in [0.25, 0.3) is 10.6 Å². The van der Waals surface area contributed by atoms with E-state index < -0.39 is 52.3 Å². The molecule has 3 atom stereocenters. The molecule has 0 radical (unpaired) electrons. The van der Waals surface area contributed by atoms with Crippen LogP contribution in [0.3, 0.4) is 0 Å². The molecule has 1 fully saturated rings. The Hall–Kier alpha value is -4.66. The van der Waals surface area contributed by atoms with Gasteiger partial charge in [0.05, 0.1) is 24.8 Å². The normalized spacial score (nSPS) is 18.5. The van der Waals surface area contributed by atoms with Gasteiger partial charge in [0.2, 0.25) is 0 Å². The van der Waals surface area contributed by atoms with Crippen LogP contribution in [0.4, 0.5) is 24.3 Å². The summed E-state index contributed by atoms with van der Waals surface area (Å²) in [4.78, 5) is 63.4. The number of ketones is 1. The molecule has 1 N–H and O–H groups in total. The second-order valence-electron chi connectivity index (χ2n) is 15.9. The number of ether oxygens (including phenoxy) is 4. The monoisotopic (exact) mass is 770 g/mol. The van der Waals surface area contributed by atoms with E-state index in [9.17, 15) is 19.2 Å². The van der Waals surface area contributed by atoms with Crippen LogP contribution in [0.1, 0.15) is 108 Å². The fourth-order valence-electron chi connectivity index (χ4n) is 7.05. The minimum absolute atomic E-state index is 0.0416. The Balaban J connectivity index is 1.56. The van der Waals surface area contributed by atoms with Gasteiger partial charge in [0.1, 0.15) is 38.8 Å². The Kier molecular flexibility index (Phi) is 12.0. The summed E-state index contributed by atoms with van der Waals surface area (Å²) in [6.45, 7) is 15.1. The number of hydrogen-bond acceptors (Lipinski definition) is 12. The molecular formula is C39H48F2N4O8S. The fraction of sp³-hybridized carbons (Fsp3) is 0.538. The van der Waals surface area contributed by atoms with Gasteiger partial charge < -0.3 is 23.8 Å². The number of thiazole rings is 1. The highest BCUT2D eigenvalue weighted by Gasteiger charge is 2.36. The molecule has 5 rings (SSSR count). The molecule has 1 aromatic carbocycles. The van der Waals surface area contributed by atoms with Gasteiger partial charge in [0, 0.05) is 49.4 Å². The first kappa shape index (κ1) is 40.5. The molecule has 1 aliphatic heterocycles. The summed E-state index contributed by atoms with van der Waals surface area (Å²) in [7, 11) is 1.24. The maximum Gasteiger partial charge on any atom is 0.412 e. The Morgan fingerprint density at radius 1 is 1.04 bits per heavy atom. The topological polar surface area (TPSA) is 146 Å². The average molecular weight is 771 g/mol. The van der Waals surface area contributed by atoms with Gasteiger partial charge in [-0.05, 0) is 84.8 Å².